The van der Waals surface area contributed by atoms with Crippen LogP contribution >= 0.6 is 0 Å². The zero-order valence-electron chi connectivity index (χ0n) is 12.2. The molecule has 0 saturated heterocycles. The Balaban J connectivity index is 2.44. The summed E-state index contributed by atoms with van der Waals surface area (Å²) in [4.78, 5) is 0. The van der Waals surface area contributed by atoms with Crippen LogP contribution in [0.25, 0.3) is 0 Å². The predicted molar refractivity (Wildman–Crippen MR) is 75.0 cm³/mol. The number of hydrogen-bond donors (Lipinski definition) is 1. The van der Waals surface area contributed by atoms with E-state index in [9.17, 15) is 0 Å². The summed E-state index contributed by atoms with van der Waals surface area (Å²) < 4.78 is 16.6. The van der Waals surface area contributed by atoms with E-state index in [2.05, 4.69) is 0 Å². The molecule has 1 aromatic rings. The second-order valence-corrected chi connectivity index (χ2v) is 5.38. The van der Waals surface area contributed by atoms with Crippen LogP contribution in [0.1, 0.15) is 38.7 Å². The number of ether oxygens (including phenoxy) is 3. The Morgan fingerprint density at radius 2 is 1.68 bits per heavy atom. The van der Waals surface area contributed by atoms with Crippen molar-refractivity contribution in [3.05, 3.63) is 17.7 Å². The van der Waals surface area contributed by atoms with Crippen LogP contribution in [0.3, 0.4) is 0 Å². The van der Waals surface area contributed by atoms with Crippen molar-refractivity contribution in [3.8, 4) is 17.2 Å². The van der Waals surface area contributed by atoms with Crippen LogP contribution in [0.4, 0.5) is 0 Å². The van der Waals surface area contributed by atoms with E-state index in [0.29, 0.717) is 11.5 Å². The summed E-state index contributed by atoms with van der Waals surface area (Å²) in [5, 5.41) is 0. The van der Waals surface area contributed by atoms with Gasteiger partial charge in [-0.25, -0.2) is 0 Å². The molecule has 0 radical (unpaired) electrons. The van der Waals surface area contributed by atoms with Crippen molar-refractivity contribution in [3.63, 3.8) is 0 Å². The van der Waals surface area contributed by atoms with E-state index in [0.717, 1.165) is 30.6 Å². The second-order valence-electron chi connectivity index (χ2n) is 5.38. The van der Waals surface area contributed by atoms with Gasteiger partial charge in [-0.1, -0.05) is 0 Å². The Hall–Kier alpha value is -1.42. The van der Waals surface area contributed by atoms with Gasteiger partial charge in [0.05, 0.1) is 20.3 Å². The molecule has 0 aliphatic heterocycles. The topological polar surface area (TPSA) is 53.7 Å². The van der Waals surface area contributed by atoms with Gasteiger partial charge < -0.3 is 19.9 Å². The van der Waals surface area contributed by atoms with E-state index >= 15 is 0 Å². The van der Waals surface area contributed by atoms with Gasteiger partial charge in [-0.05, 0) is 39.2 Å². The Bertz CT molecular complexity index is 453. The summed E-state index contributed by atoms with van der Waals surface area (Å²) >= 11 is 0. The van der Waals surface area contributed by atoms with E-state index in [1.54, 1.807) is 14.2 Å². The minimum atomic E-state index is -0.283. The first-order valence-electron chi connectivity index (χ1n) is 6.72. The number of benzene rings is 1. The molecular formula is C15H23NO3. The predicted octanol–water partition coefficient (Wildman–Crippen LogP) is 2.83. The first kappa shape index (κ1) is 14.0. The van der Waals surface area contributed by atoms with Crippen LogP contribution in [0.15, 0.2) is 12.1 Å². The maximum atomic E-state index is 6.40. The van der Waals surface area contributed by atoms with Crippen molar-refractivity contribution in [1.82, 2.24) is 0 Å². The zero-order valence-corrected chi connectivity index (χ0v) is 12.2. The smallest absolute Gasteiger partial charge is 0.165 e. The standard InChI is InChI=1S/C15H23NO3/c1-10(2)19-14-9-12(17-3)11(8-13(14)18-4)15(16)6-5-7-15/h8-10H,5-7,16H2,1-4H3. The molecule has 0 spiro atoms. The fourth-order valence-electron chi connectivity index (χ4n) is 2.43. The third-order valence-corrected chi connectivity index (χ3v) is 3.63. The zero-order chi connectivity index (χ0) is 14.0. The Morgan fingerprint density at radius 3 is 2.11 bits per heavy atom. The molecule has 1 aliphatic carbocycles. The highest BCUT2D eigenvalue weighted by atomic mass is 16.5. The van der Waals surface area contributed by atoms with Crippen LogP contribution in [0, 0.1) is 0 Å². The molecule has 0 atom stereocenters. The lowest BCUT2D eigenvalue weighted by Gasteiger charge is -2.39. The van der Waals surface area contributed by atoms with Gasteiger partial charge in [0.1, 0.15) is 5.75 Å². The number of methoxy groups -OCH3 is 2. The van der Waals surface area contributed by atoms with Gasteiger partial charge in [0.15, 0.2) is 11.5 Å². The van der Waals surface area contributed by atoms with Crippen LogP contribution in [0.5, 0.6) is 17.2 Å². The lowest BCUT2D eigenvalue weighted by atomic mass is 9.72. The SMILES string of the molecule is COc1cc(C2(N)CCC2)c(OC)cc1OC(C)C. The highest BCUT2D eigenvalue weighted by Gasteiger charge is 2.37. The Morgan fingerprint density at radius 1 is 1.05 bits per heavy atom. The fourth-order valence-corrected chi connectivity index (χ4v) is 2.43. The van der Waals surface area contributed by atoms with Gasteiger partial charge >= 0.3 is 0 Å². The highest BCUT2D eigenvalue weighted by Crippen LogP contribution is 2.46. The van der Waals surface area contributed by atoms with Crippen LogP contribution in [0.2, 0.25) is 0 Å². The molecule has 1 aromatic carbocycles. The third-order valence-electron chi connectivity index (χ3n) is 3.63. The van der Waals surface area contributed by atoms with E-state index in [1.165, 1.54) is 0 Å². The first-order chi connectivity index (χ1) is 9.00. The Kier molecular flexibility index (Phi) is 3.90. The number of nitrogens with two attached hydrogens (primary N) is 1. The molecule has 1 saturated carbocycles. The average molecular weight is 265 g/mol. The lowest BCUT2D eigenvalue weighted by molar-refractivity contribution is 0.222. The van der Waals surface area contributed by atoms with Gasteiger partial charge in [-0.2, -0.15) is 0 Å². The van der Waals surface area contributed by atoms with Crippen molar-refractivity contribution in [2.75, 3.05) is 14.2 Å². The third kappa shape index (κ3) is 2.63. The molecule has 4 nitrogen and oxygen atoms in total. The molecular weight excluding hydrogens is 242 g/mol. The normalized spacial score (nSPS) is 16.9. The molecule has 19 heavy (non-hydrogen) atoms. The molecule has 2 N–H and O–H groups in total. The van der Waals surface area contributed by atoms with Crippen molar-refractivity contribution < 1.29 is 14.2 Å². The van der Waals surface area contributed by atoms with Crippen molar-refractivity contribution in [2.24, 2.45) is 5.73 Å². The molecule has 1 fully saturated rings. The minimum absolute atomic E-state index is 0.0833. The molecule has 0 bridgehead atoms. The number of hydrogen-bond acceptors (Lipinski definition) is 4. The summed E-state index contributed by atoms with van der Waals surface area (Å²) in [6.45, 7) is 3.96. The number of rotatable bonds is 5. The van der Waals surface area contributed by atoms with Crippen LogP contribution < -0.4 is 19.9 Å². The van der Waals surface area contributed by atoms with E-state index < -0.39 is 0 Å². The maximum Gasteiger partial charge on any atom is 0.165 e. The summed E-state index contributed by atoms with van der Waals surface area (Å²) in [6, 6.07) is 3.83. The molecule has 106 valence electrons. The van der Waals surface area contributed by atoms with Crippen molar-refractivity contribution in [2.45, 2.75) is 44.8 Å². The largest absolute Gasteiger partial charge is 0.496 e. The van der Waals surface area contributed by atoms with Crippen LogP contribution in [-0.2, 0) is 5.54 Å². The van der Waals surface area contributed by atoms with Gasteiger partial charge in [-0.3, -0.25) is 0 Å². The van der Waals surface area contributed by atoms with Gasteiger partial charge in [0.25, 0.3) is 0 Å². The molecule has 4 heteroatoms. The molecule has 0 heterocycles. The van der Waals surface area contributed by atoms with Gasteiger partial charge in [0.2, 0.25) is 0 Å². The molecule has 2 rings (SSSR count). The lowest BCUT2D eigenvalue weighted by Crippen LogP contribution is -2.43. The molecule has 0 unspecified atom stereocenters. The Labute approximate surface area is 114 Å². The summed E-state index contributed by atoms with van der Waals surface area (Å²) in [5.74, 6) is 2.18. The van der Waals surface area contributed by atoms with Crippen molar-refractivity contribution >= 4 is 0 Å². The summed E-state index contributed by atoms with van der Waals surface area (Å²) in [7, 11) is 3.30. The fraction of sp³-hybridized carbons (Fsp3) is 0.600. The maximum absolute atomic E-state index is 6.40. The average Bonchev–Trinajstić information content (AvgIpc) is 2.34. The molecule has 0 aromatic heterocycles. The highest BCUT2D eigenvalue weighted by molar-refractivity contribution is 5.53. The monoisotopic (exact) mass is 265 g/mol. The van der Waals surface area contributed by atoms with Gasteiger partial charge in [0, 0.05) is 17.2 Å². The first-order valence-corrected chi connectivity index (χ1v) is 6.72. The molecule has 0 amide bonds. The van der Waals surface area contributed by atoms with E-state index in [4.69, 9.17) is 19.9 Å². The summed E-state index contributed by atoms with van der Waals surface area (Å²) in [6.07, 6.45) is 3.21. The van der Waals surface area contributed by atoms with E-state index in [-0.39, 0.29) is 11.6 Å². The van der Waals surface area contributed by atoms with Crippen LogP contribution in [-0.4, -0.2) is 20.3 Å². The minimum Gasteiger partial charge on any atom is -0.496 e. The molecule has 1 aliphatic rings. The van der Waals surface area contributed by atoms with E-state index in [1.807, 2.05) is 26.0 Å². The summed E-state index contributed by atoms with van der Waals surface area (Å²) in [5.41, 5.74) is 7.12. The second kappa shape index (κ2) is 5.29. The quantitative estimate of drug-likeness (QED) is 0.889. The van der Waals surface area contributed by atoms with Crippen molar-refractivity contribution in [1.29, 1.82) is 0 Å². The van der Waals surface area contributed by atoms with Gasteiger partial charge in [-0.15, -0.1) is 0 Å².